The van der Waals surface area contributed by atoms with Crippen molar-refractivity contribution >= 4 is 34.6 Å². The molecule has 32 heavy (non-hydrogen) atoms. The van der Waals surface area contributed by atoms with Crippen molar-refractivity contribution < 1.29 is 9.53 Å². The van der Waals surface area contributed by atoms with E-state index in [1.54, 1.807) is 6.20 Å². The molecule has 2 atom stereocenters. The van der Waals surface area contributed by atoms with Gasteiger partial charge in [-0.2, -0.15) is 0 Å². The fraction of sp³-hybridized carbons (Fsp3) is 0.400. The molecule has 0 unspecified atom stereocenters. The second-order valence-corrected chi connectivity index (χ2v) is 9.35. The Bertz CT molecular complexity index is 1070. The largest absolute Gasteiger partial charge is 0.469 e. The third kappa shape index (κ3) is 3.97. The number of esters is 1. The van der Waals surface area contributed by atoms with Crippen molar-refractivity contribution in [1.82, 2.24) is 15.2 Å². The Morgan fingerprint density at radius 3 is 2.75 bits per heavy atom. The first-order valence-corrected chi connectivity index (χ1v) is 11.3. The molecule has 1 saturated heterocycles. The fourth-order valence-corrected chi connectivity index (χ4v) is 5.02. The highest BCUT2D eigenvalue weighted by atomic mass is 32.1. The number of ether oxygens (including phenoxy) is 1. The van der Waals surface area contributed by atoms with E-state index >= 15 is 0 Å². The van der Waals surface area contributed by atoms with Crippen LogP contribution >= 0.6 is 12.2 Å². The van der Waals surface area contributed by atoms with Crippen molar-refractivity contribution in [3.05, 3.63) is 65.5 Å². The van der Waals surface area contributed by atoms with Crippen LogP contribution in [0.1, 0.15) is 56.1 Å². The Hall–Kier alpha value is -2.93. The summed E-state index contributed by atoms with van der Waals surface area (Å²) < 4.78 is 4.86. The summed E-state index contributed by atoms with van der Waals surface area (Å²) in [5, 5.41) is 4.06. The second kappa shape index (κ2) is 8.54. The molecule has 2 aliphatic heterocycles. The van der Waals surface area contributed by atoms with E-state index in [9.17, 15) is 4.79 Å². The summed E-state index contributed by atoms with van der Waals surface area (Å²) in [7, 11) is 3.54. The molecule has 1 N–H and O–H groups in total. The minimum absolute atomic E-state index is 0.0435. The summed E-state index contributed by atoms with van der Waals surface area (Å²) in [6.07, 6.45) is 4.37. The second-order valence-electron chi connectivity index (χ2n) is 8.96. The van der Waals surface area contributed by atoms with Crippen LogP contribution in [0.3, 0.4) is 0 Å². The molecule has 4 rings (SSSR count). The van der Waals surface area contributed by atoms with Crippen molar-refractivity contribution in [3.63, 3.8) is 0 Å². The zero-order valence-corrected chi connectivity index (χ0v) is 20.1. The van der Waals surface area contributed by atoms with Crippen molar-refractivity contribution in [3.8, 4) is 0 Å². The monoisotopic (exact) mass is 450 g/mol. The number of hydrogen-bond acceptors (Lipinski definition) is 5. The molecule has 168 valence electrons. The molecule has 2 aliphatic rings. The summed E-state index contributed by atoms with van der Waals surface area (Å²) >= 11 is 5.69. The quantitative estimate of drug-likeness (QED) is 0.540. The van der Waals surface area contributed by atoms with Gasteiger partial charge in [-0.15, -0.1) is 0 Å². The number of benzene rings is 1. The number of anilines is 1. The highest BCUT2D eigenvalue weighted by Crippen LogP contribution is 2.43. The standard InChI is InChI=1S/C25H30N4O2S/c1-16-15-25(2,3)28(4)20-10-9-17(14-18(16)20)23-22(19-8-6-7-12-26-19)27-24(32)29(23)13-11-21(30)31-5/h6-10,12,14-15,22-23H,11,13H2,1-5H3,(H,27,32)/t22-,23-/m1/s1. The molecule has 3 heterocycles. The van der Waals surface area contributed by atoms with Gasteiger partial charge in [-0.25, -0.2) is 0 Å². The van der Waals surface area contributed by atoms with Gasteiger partial charge in [0.25, 0.3) is 0 Å². The minimum atomic E-state index is -0.249. The Morgan fingerprint density at radius 2 is 2.06 bits per heavy atom. The van der Waals surface area contributed by atoms with Gasteiger partial charge in [0.1, 0.15) is 0 Å². The lowest BCUT2D eigenvalue weighted by Gasteiger charge is -2.41. The van der Waals surface area contributed by atoms with Gasteiger partial charge >= 0.3 is 5.97 Å². The van der Waals surface area contributed by atoms with Gasteiger partial charge < -0.3 is 19.9 Å². The first kappa shape index (κ1) is 22.3. The molecule has 0 radical (unpaired) electrons. The number of methoxy groups -OCH3 is 1. The number of likely N-dealkylation sites (N-methyl/N-ethyl adjacent to an activating group) is 1. The number of allylic oxidation sites excluding steroid dienone is 1. The van der Waals surface area contributed by atoms with E-state index in [0.29, 0.717) is 11.7 Å². The lowest BCUT2D eigenvalue weighted by Crippen LogP contribution is -2.42. The average molecular weight is 451 g/mol. The van der Waals surface area contributed by atoms with Gasteiger partial charge in [0.2, 0.25) is 0 Å². The van der Waals surface area contributed by atoms with Crippen LogP contribution in [0.5, 0.6) is 0 Å². The van der Waals surface area contributed by atoms with E-state index in [2.05, 4.69) is 72.2 Å². The highest BCUT2D eigenvalue weighted by Gasteiger charge is 2.40. The van der Waals surface area contributed by atoms with E-state index < -0.39 is 0 Å². The van der Waals surface area contributed by atoms with E-state index in [-0.39, 0.29) is 30.0 Å². The number of carbonyl (C=O) groups excluding carboxylic acids is 1. The fourth-order valence-electron chi connectivity index (χ4n) is 4.68. The molecule has 0 amide bonds. The third-order valence-electron chi connectivity index (χ3n) is 6.56. The lowest BCUT2D eigenvalue weighted by atomic mass is 9.86. The van der Waals surface area contributed by atoms with Crippen molar-refractivity contribution in [2.75, 3.05) is 25.6 Å². The van der Waals surface area contributed by atoms with E-state index in [4.69, 9.17) is 17.0 Å². The number of rotatable bonds is 5. The molecule has 0 spiro atoms. The van der Waals surface area contributed by atoms with Crippen LogP contribution < -0.4 is 10.2 Å². The maximum Gasteiger partial charge on any atom is 0.307 e. The summed E-state index contributed by atoms with van der Waals surface area (Å²) in [4.78, 5) is 20.8. The van der Waals surface area contributed by atoms with Gasteiger partial charge in [-0.3, -0.25) is 9.78 Å². The number of carbonyl (C=O) groups is 1. The zero-order chi connectivity index (χ0) is 23.0. The Kier molecular flexibility index (Phi) is 5.95. The first-order chi connectivity index (χ1) is 15.2. The number of aromatic nitrogens is 1. The normalized spacial score (nSPS) is 21.7. The highest BCUT2D eigenvalue weighted by molar-refractivity contribution is 7.80. The Labute approximate surface area is 195 Å². The SMILES string of the molecule is COC(=O)CCN1C(=S)N[C@H](c2ccccn2)[C@H]1c1ccc2c(c1)C(C)=CC(C)(C)N2C. The average Bonchev–Trinajstić information content (AvgIpc) is 3.12. The molecule has 1 fully saturated rings. The molecular weight excluding hydrogens is 420 g/mol. The van der Waals surface area contributed by atoms with Crippen LogP contribution in [0.2, 0.25) is 0 Å². The van der Waals surface area contributed by atoms with Gasteiger partial charge in [0.05, 0.1) is 36.8 Å². The maximum atomic E-state index is 11.9. The molecule has 7 heteroatoms. The number of thiocarbonyl (C=S) groups is 1. The summed E-state index contributed by atoms with van der Waals surface area (Å²) in [5.74, 6) is -0.249. The number of fused-ring (bicyclic) bond motifs is 1. The van der Waals surface area contributed by atoms with E-state index in [1.165, 1.54) is 23.9 Å². The minimum Gasteiger partial charge on any atom is -0.469 e. The Balaban J connectivity index is 1.77. The lowest BCUT2D eigenvalue weighted by molar-refractivity contribution is -0.140. The third-order valence-corrected chi connectivity index (χ3v) is 6.92. The molecule has 0 aliphatic carbocycles. The van der Waals surface area contributed by atoms with Crippen LogP contribution in [0.25, 0.3) is 5.57 Å². The van der Waals surface area contributed by atoms with E-state index in [0.717, 1.165) is 11.3 Å². The molecule has 0 bridgehead atoms. The number of nitrogens with one attached hydrogen (secondary N) is 1. The molecule has 1 aromatic heterocycles. The summed E-state index contributed by atoms with van der Waals surface area (Å²) in [6.45, 7) is 7.09. The summed E-state index contributed by atoms with van der Waals surface area (Å²) in [5.41, 5.74) is 5.70. The first-order valence-electron chi connectivity index (χ1n) is 10.9. The Morgan fingerprint density at radius 1 is 1.28 bits per heavy atom. The summed E-state index contributed by atoms with van der Waals surface area (Å²) in [6, 6.07) is 12.3. The van der Waals surface area contributed by atoms with Gasteiger partial charge in [0, 0.05) is 31.0 Å². The molecular formula is C25H30N4O2S. The maximum absolute atomic E-state index is 11.9. The van der Waals surface area contributed by atoms with Crippen LogP contribution in [0.15, 0.2) is 48.7 Å². The molecule has 1 aromatic carbocycles. The van der Waals surface area contributed by atoms with Crippen LogP contribution in [0.4, 0.5) is 5.69 Å². The zero-order valence-electron chi connectivity index (χ0n) is 19.3. The van der Waals surface area contributed by atoms with Gasteiger partial charge in [0.15, 0.2) is 5.11 Å². The number of pyridine rings is 1. The van der Waals surface area contributed by atoms with Crippen LogP contribution in [-0.4, -0.2) is 47.2 Å². The van der Waals surface area contributed by atoms with Crippen molar-refractivity contribution in [1.29, 1.82) is 0 Å². The molecule has 6 nitrogen and oxygen atoms in total. The van der Waals surface area contributed by atoms with Gasteiger partial charge in [-0.05, 0) is 68.4 Å². The number of hydrogen-bond donors (Lipinski definition) is 1. The van der Waals surface area contributed by atoms with E-state index in [1.807, 2.05) is 18.2 Å². The molecule has 2 aromatic rings. The molecule has 0 saturated carbocycles. The van der Waals surface area contributed by atoms with Crippen molar-refractivity contribution in [2.45, 2.75) is 44.8 Å². The van der Waals surface area contributed by atoms with Crippen LogP contribution in [-0.2, 0) is 9.53 Å². The topological polar surface area (TPSA) is 57.7 Å². The predicted octanol–water partition coefficient (Wildman–Crippen LogP) is 4.25. The predicted molar refractivity (Wildman–Crippen MR) is 131 cm³/mol. The van der Waals surface area contributed by atoms with Gasteiger partial charge in [-0.1, -0.05) is 18.2 Å². The number of nitrogens with zero attached hydrogens (tertiary/aromatic N) is 3. The smallest absolute Gasteiger partial charge is 0.307 e. The van der Waals surface area contributed by atoms with Crippen LogP contribution in [0, 0.1) is 0 Å². The van der Waals surface area contributed by atoms with Crippen molar-refractivity contribution in [2.24, 2.45) is 0 Å².